The summed E-state index contributed by atoms with van der Waals surface area (Å²) in [5, 5.41) is 18.5. The molecule has 0 bridgehead atoms. The van der Waals surface area contributed by atoms with Crippen molar-refractivity contribution in [1.29, 1.82) is 0 Å². The number of phenols is 2. The van der Waals surface area contributed by atoms with E-state index in [0.717, 1.165) is 16.7 Å². The minimum absolute atomic E-state index is 0.257. The molecule has 0 saturated carbocycles. The molecule has 17 heavy (non-hydrogen) atoms. The average Bonchev–Trinajstić information content (AvgIpc) is 2.35. The first-order chi connectivity index (χ1) is 8.20. The Bertz CT molecular complexity index is 480. The van der Waals surface area contributed by atoms with Crippen LogP contribution < -0.4 is 0 Å². The molecule has 0 heterocycles. The quantitative estimate of drug-likeness (QED) is 0.815. The van der Waals surface area contributed by atoms with Crippen LogP contribution in [0.25, 0.3) is 5.57 Å². The largest absolute Gasteiger partial charge is 0.508 e. The molecule has 0 atom stereocenters. The molecule has 0 aliphatic carbocycles. The van der Waals surface area contributed by atoms with Crippen LogP contribution in [0.1, 0.15) is 11.1 Å². The first-order valence-corrected chi connectivity index (χ1v) is 6.34. The zero-order valence-corrected chi connectivity index (χ0v) is 11.1. The zero-order valence-electron chi connectivity index (χ0n) is 8.97. The molecule has 0 unspecified atom stereocenters. The van der Waals surface area contributed by atoms with E-state index in [9.17, 15) is 10.2 Å². The number of halogens is 1. The number of phenolic OH excluding ortho intramolecular Hbond substituents is 2. The van der Waals surface area contributed by atoms with E-state index in [1.165, 1.54) is 0 Å². The second-order valence-electron chi connectivity index (χ2n) is 3.62. The maximum absolute atomic E-state index is 9.26. The Morgan fingerprint density at radius 2 is 1.12 bits per heavy atom. The van der Waals surface area contributed by atoms with Crippen LogP contribution in [-0.2, 0) is 0 Å². The van der Waals surface area contributed by atoms with Crippen LogP contribution >= 0.6 is 22.6 Å². The van der Waals surface area contributed by atoms with Crippen molar-refractivity contribution < 1.29 is 10.2 Å². The third-order valence-corrected chi connectivity index (χ3v) is 3.09. The van der Waals surface area contributed by atoms with Gasteiger partial charge in [0, 0.05) is 0 Å². The van der Waals surface area contributed by atoms with Crippen LogP contribution in [0.4, 0.5) is 0 Å². The normalized spacial score (nSPS) is 9.94. The fourth-order valence-corrected chi connectivity index (χ4v) is 2.29. The molecule has 0 spiro atoms. The molecule has 0 aliphatic rings. The number of aromatic hydroxyl groups is 2. The summed E-state index contributed by atoms with van der Waals surface area (Å²) in [7, 11) is 0. The molecule has 0 amide bonds. The van der Waals surface area contributed by atoms with Gasteiger partial charge >= 0.3 is 0 Å². The van der Waals surface area contributed by atoms with Crippen LogP contribution in [-0.4, -0.2) is 10.2 Å². The van der Waals surface area contributed by atoms with Crippen molar-refractivity contribution in [3.63, 3.8) is 0 Å². The maximum Gasteiger partial charge on any atom is 0.115 e. The molecule has 0 aromatic heterocycles. The molecule has 2 aromatic rings. The summed E-state index contributed by atoms with van der Waals surface area (Å²) in [5.41, 5.74) is 3.12. The second-order valence-corrected chi connectivity index (χ2v) is 4.24. The van der Waals surface area contributed by atoms with E-state index in [2.05, 4.69) is 22.6 Å². The Morgan fingerprint density at radius 1 is 0.765 bits per heavy atom. The third-order valence-electron chi connectivity index (χ3n) is 2.47. The molecule has 2 N–H and O–H groups in total. The van der Waals surface area contributed by atoms with Gasteiger partial charge in [-0.2, -0.15) is 0 Å². The predicted molar refractivity (Wildman–Crippen MR) is 77.3 cm³/mol. The van der Waals surface area contributed by atoms with Gasteiger partial charge in [0.2, 0.25) is 0 Å². The highest BCUT2D eigenvalue weighted by Crippen LogP contribution is 2.27. The van der Waals surface area contributed by atoms with Gasteiger partial charge < -0.3 is 10.2 Å². The van der Waals surface area contributed by atoms with Crippen LogP contribution in [0.3, 0.4) is 0 Å². The number of benzene rings is 2. The smallest absolute Gasteiger partial charge is 0.115 e. The summed E-state index contributed by atoms with van der Waals surface area (Å²) in [6.07, 6.45) is 0. The van der Waals surface area contributed by atoms with Crippen molar-refractivity contribution in [2.24, 2.45) is 0 Å². The van der Waals surface area contributed by atoms with Crippen molar-refractivity contribution >= 4 is 28.2 Å². The number of rotatable bonds is 2. The molecule has 3 heteroatoms. The lowest BCUT2D eigenvalue weighted by atomic mass is 9.99. The van der Waals surface area contributed by atoms with E-state index in [1.807, 2.05) is 28.3 Å². The highest BCUT2D eigenvalue weighted by Gasteiger charge is 2.04. The Balaban J connectivity index is 2.41. The van der Waals surface area contributed by atoms with Gasteiger partial charge in [-0.05, 0) is 45.0 Å². The Hall–Kier alpha value is -1.49. The van der Waals surface area contributed by atoms with E-state index in [0.29, 0.717) is 0 Å². The molecule has 2 rings (SSSR count). The van der Waals surface area contributed by atoms with Gasteiger partial charge in [0.05, 0.1) is 0 Å². The fraction of sp³-hybridized carbons (Fsp3) is 0. The maximum atomic E-state index is 9.26. The first-order valence-electron chi connectivity index (χ1n) is 5.10. The molecular formula is C14H11IO2. The molecule has 0 radical (unpaired) electrons. The standard InChI is InChI=1S/C14H11IO2/c15-9-14(10-1-5-12(16)6-2-10)11-3-7-13(17)8-4-11/h1-9,16-17H. The van der Waals surface area contributed by atoms with E-state index in [1.54, 1.807) is 24.3 Å². The Labute approximate surface area is 113 Å². The first kappa shape index (κ1) is 12.0. The third kappa shape index (κ3) is 2.79. The molecule has 0 fully saturated rings. The van der Waals surface area contributed by atoms with Gasteiger partial charge in [0.15, 0.2) is 0 Å². The molecule has 86 valence electrons. The molecule has 0 saturated heterocycles. The highest BCUT2D eigenvalue weighted by atomic mass is 127. The summed E-state index contributed by atoms with van der Waals surface area (Å²) in [5.74, 6) is 0.513. The minimum Gasteiger partial charge on any atom is -0.508 e. The molecular weight excluding hydrogens is 327 g/mol. The van der Waals surface area contributed by atoms with Gasteiger partial charge in [-0.15, -0.1) is 0 Å². The topological polar surface area (TPSA) is 40.5 Å². The number of hydrogen-bond acceptors (Lipinski definition) is 2. The van der Waals surface area contributed by atoms with Crippen molar-refractivity contribution in [3.05, 3.63) is 63.7 Å². The lowest BCUT2D eigenvalue weighted by molar-refractivity contribution is 0.475. The lowest BCUT2D eigenvalue weighted by Crippen LogP contribution is -1.86. The summed E-state index contributed by atoms with van der Waals surface area (Å²) in [4.78, 5) is 0. The van der Waals surface area contributed by atoms with Gasteiger partial charge in [0.1, 0.15) is 11.5 Å². The van der Waals surface area contributed by atoms with E-state index in [-0.39, 0.29) is 11.5 Å². The highest BCUT2D eigenvalue weighted by molar-refractivity contribution is 14.1. The van der Waals surface area contributed by atoms with E-state index in [4.69, 9.17) is 0 Å². The molecule has 2 aromatic carbocycles. The monoisotopic (exact) mass is 338 g/mol. The SMILES string of the molecule is Oc1ccc(C(=CI)c2ccc(O)cc2)cc1. The van der Waals surface area contributed by atoms with Gasteiger partial charge in [-0.1, -0.05) is 46.9 Å². The Kier molecular flexibility index (Phi) is 3.68. The average molecular weight is 338 g/mol. The Morgan fingerprint density at radius 3 is 1.41 bits per heavy atom. The summed E-state index contributed by atoms with van der Waals surface area (Å²) in [6.45, 7) is 0. The molecule has 2 nitrogen and oxygen atoms in total. The van der Waals surface area contributed by atoms with Crippen molar-refractivity contribution in [2.45, 2.75) is 0 Å². The number of hydrogen-bond donors (Lipinski definition) is 2. The van der Waals surface area contributed by atoms with E-state index < -0.39 is 0 Å². The van der Waals surface area contributed by atoms with Gasteiger partial charge in [-0.25, -0.2) is 0 Å². The predicted octanol–water partition coefficient (Wildman–Crippen LogP) is 3.92. The van der Waals surface area contributed by atoms with Crippen molar-refractivity contribution in [1.82, 2.24) is 0 Å². The van der Waals surface area contributed by atoms with Crippen LogP contribution in [0.15, 0.2) is 52.6 Å². The van der Waals surface area contributed by atoms with Gasteiger partial charge in [-0.3, -0.25) is 0 Å². The van der Waals surface area contributed by atoms with E-state index >= 15 is 0 Å². The summed E-state index contributed by atoms with van der Waals surface area (Å²) in [6, 6.07) is 14.1. The fourth-order valence-electron chi connectivity index (χ4n) is 1.57. The second kappa shape index (κ2) is 5.23. The summed E-state index contributed by atoms with van der Waals surface area (Å²) >= 11 is 2.19. The molecule has 0 aliphatic heterocycles. The van der Waals surface area contributed by atoms with Crippen molar-refractivity contribution in [3.8, 4) is 11.5 Å². The van der Waals surface area contributed by atoms with Crippen LogP contribution in [0.5, 0.6) is 11.5 Å². The zero-order chi connectivity index (χ0) is 12.3. The minimum atomic E-state index is 0.257. The van der Waals surface area contributed by atoms with Crippen LogP contribution in [0.2, 0.25) is 0 Å². The summed E-state index contributed by atoms with van der Waals surface area (Å²) < 4.78 is 1.98. The van der Waals surface area contributed by atoms with Crippen molar-refractivity contribution in [2.75, 3.05) is 0 Å². The lowest BCUT2D eigenvalue weighted by Gasteiger charge is -2.07. The van der Waals surface area contributed by atoms with Gasteiger partial charge in [0.25, 0.3) is 0 Å². The van der Waals surface area contributed by atoms with Crippen LogP contribution in [0, 0.1) is 0 Å².